The first-order chi connectivity index (χ1) is 6.20. The van der Waals surface area contributed by atoms with Crippen LogP contribution in [0, 0.1) is 0 Å². The van der Waals surface area contributed by atoms with E-state index in [9.17, 15) is 10.0 Å². The van der Waals surface area contributed by atoms with E-state index in [1.807, 2.05) is 0 Å². The molecule has 3 N–H and O–H groups in total. The molecule has 1 heterocycles. The van der Waals surface area contributed by atoms with Gasteiger partial charge < -0.3 is 10.9 Å². The fourth-order valence-corrected chi connectivity index (χ4v) is 1.16. The van der Waals surface area contributed by atoms with Crippen LogP contribution in [0.4, 0.5) is 0 Å². The van der Waals surface area contributed by atoms with E-state index in [4.69, 9.17) is 5.73 Å². The van der Waals surface area contributed by atoms with Crippen molar-refractivity contribution in [3.8, 4) is 0 Å². The molecule has 0 spiro atoms. The quantitative estimate of drug-likeness (QED) is 0.589. The van der Waals surface area contributed by atoms with Gasteiger partial charge in [-0.15, -0.1) is 5.10 Å². The number of benzene rings is 1. The van der Waals surface area contributed by atoms with Crippen molar-refractivity contribution in [2.45, 2.75) is 0 Å². The third-order valence-electron chi connectivity index (χ3n) is 1.72. The first kappa shape index (κ1) is 7.53. The zero-order chi connectivity index (χ0) is 9.42. The highest BCUT2D eigenvalue weighted by Gasteiger charge is 2.11. The van der Waals surface area contributed by atoms with Gasteiger partial charge >= 0.3 is 0 Å². The molecule has 0 unspecified atom stereocenters. The summed E-state index contributed by atoms with van der Waals surface area (Å²) >= 11 is 0. The predicted molar refractivity (Wildman–Crippen MR) is 43.2 cm³/mol. The average Bonchev–Trinajstić information content (AvgIpc) is 2.48. The van der Waals surface area contributed by atoms with E-state index in [0.717, 1.165) is 0 Å². The zero-order valence-corrected chi connectivity index (χ0v) is 6.51. The zero-order valence-electron chi connectivity index (χ0n) is 6.51. The Kier molecular flexibility index (Phi) is 1.42. The van der Waals surface area contributed by atoms with Crippen molar-refractivity contribution in [1.29, 1.82) is 0 Å². The highest BCUT2D eigenvalue weighted by Crippen LogP contribution is 2.14. The van der Waals surface area contributed by atoms with Crippen molar-refractivity contribution in [3.63, 3.8) is 0 Å². The molecule has 66 valence electrons. The fourth-order valence-electron chi connectivity index (χ4n) is 1.16. The third kappa shape index (κ3) is 0.994. The Morgan fingerprint density at radius 1 is 1.54 bits per heavy atom. The second-order valence-electron chi connectivity index (χ2n) is 2.52. The van der Waals surface area contributed by atoms with Gasteiger partial charge in [0.05, 0.1) is 5.56 Å². The molecule has 0 aliphatic heterocycles. The average molecular weight is 178 g/mol. The lowest BCUT2D eigenvalue weighted by atomic mass is 10.2. The lowest BCUT2D eigenvalue weighted by Gasteiger charge is -1.96. The van der Waals surface area contributed by atoms with Crippen LogP contribution >= 0.6 is 0 Å². The number of primary amides is 1. The largest absolute Gasteiger partial charge is 0.410 e. The summed E-state index contributed by atoms with van der Waals surface area (Å²) in [7, 11) is 0. The smallest absolute Gasteiger partial charge is 0.251 e. The summed E-state index contributed by atoms with van der Waals surface area (Å²) in [4.78, 5) is 11.4. The van der Waals surface area contributed by atoms with E-state index in [1.165, 1.54) is 6.07 Å². The molecule has 0 saturated carbocycles. The maximum absolute atomic E-state index is 10.9. The summed E-state index contributed by atoms with van der Waals surface area (Å²) in [6.45, 7) is 0. The van der Waals surface area contributed by atoms with Crippen molar-refractivity contribution in [2.75, 3.05) is 0 Å². The Bertz CT molecular complexity index is 476. The number of amides is 1. The summed E-state index contributed by atoms with van der Waals surface area (Å²) in [5, 5.41) is 16.1. The number of nitrogens with zero attached hydrogens (tertiary/aromatic N) is 3. The van der Waals surface area contributed by atoms with Gasteiger partial charge in [0.15, 0.2) is 0 Å². The highest BCUT2D eigenvalue weighted by atomic mass is 16.5. The molecule has 1 aromatic heterocycles. The Morgan fingerprint density at radius 2 is 2.31 bits per heavy atom. The van der Waals surface area contributed by atoms with E-state index < -0.39 is 5.91 Å². The molecule has 0 atom stereocenters. The van der Waals surface area contributed by atoms with Crippen molar-refractivity contribution in [1.82, 2.24) is 15.2 Å². The van der Waals surface area contributed by atoms with Gasteiger partial charge in [0, 0.05) is 0 Å². The molecular weight excluding hydrogens is 172 g/mol. The Morgan fingerprint density at radius 3 is 3.00 bits per heavy atom. The van der Waals surface area contributed by atoms with Gasteiger partial charge in [-0.25, -0.2) is 0 Å². The standard InChI is InChI=1S/C7H6N4O2/c8-7(12)4-2-1-3-5-6(4)11(13)10-9-5/h1-3,13H,(H2,8,12). The molecule has 1 aromatic carbocycles. The van der Waals surface area contributed by atoms with Crippen LogP contribution in [-0.2, 0) is 0 Å². The summed E-state index contributed by atoms with van der Waals surface area (Å²) in [5.74, 6) is -0.622. The predicted octanol–water partition coefficient (Wildman–Crippen LogP) is -0.233. The molecule has 0 aliphatic carbocycles. The summed E-state index contributed by atoms with van der Waals surface area (Å²) in [5.41, 5.74) is 5.95. The molecule has 0 aliphatic rings. The third-order valence-corrected chi connectivity index (χ3v) is 1.72. The van der Waals surface area contributed by atoms with Crippen molar-refractivity contribution < 1.29 is 10.0 Å². The van der Waals surface area contributed by atoms with E-state index in [2.05, 4.69) is 10.3 Å². The molecule has 13 heavy (non-hydrogen) atoms. The van der Waals surface area contributed by atoms with Crippen LogP contribution in [0.3, 0.4) is 0 Å². The van der Waals surface area contributed by atoms with Gasteiger partial charge in [0.25, 0.3) is 5.91 Å². The Balaban J connectivity index is 2.88. The highest BCUT2D eigenvalue weighted by molar-refractivity contribution is 6.03. The minimum Gasteiger partial charge on any atom is -0.410 e. The number of aromatic nitrogens is 3. The number of nitrogens with two attached hydrogens (primary N) is 1. The van der Waals surface area contributed by atoms with Crippen LogP contribution in [0.2, 0.25) is 0 Å². The van der Waals surface area contributed by atoms with Gasteiger partial charge in [-0.05, 0) is 17.3 Å². The van der Waals surface area contributed by atoms with E-state index in [0.29, 0.717) is 10.4 Å². The van der Waals surface area contributed by atoms with Crippen molar-refractivity contribution in [2.24, 2.45) is 5.73 Å². The lowest BCUT2D eigenvalue weighted by Crippen LogP contribution is -2.12. The number of hydrogen-bond acceptors (Lipinski definition) is 4. The van der Waals surface area contributed by atoms with Crippen LogP contribution in [0.5, 0.6) is 0 Å². The Labute approximate surface area is 72.5 Å². The van der Waals surface area contributed by atoms with Crippen LogP contribution < -0.4 is 5.73 Å². The van der Waals surface area contributed by atoms with Crippen LogP contribution in [-0.4, -0.2) is 26.3 Å². The number of carbonyl (C=O) groups is 1. The first-order valence-corrected chi connectivity index (χ1v) is 3.53. The SMILES string of the molecule is NC(=O)c1cccc2nnn(O)c12. The molecule has 0 fully saturated rings. The van der Waals surface area contributed by atoms with Crippen molar-refractivity contribution in [3.05, 3.63) is 23.8 Å². The maximum atomic E-state index is 10.9. The molecule has 1 amide bonds. The number of fused-ring (bicyclic) bond motifs is 1. The van der Waals surface area contributed by atoms with Crippen molar-refractivity contribution >= 4 is 16.9 Å². The van der Waals surface area contributed by atoms with Gasteiger partial charge in [-0.1, -0.05) is 10.9 Å². The second-order valence-corrected chi connectivity index (χ2v) is 2.52. The molecule has 0 saturated heterocycles. The van der Waals surface area contributed by atoms with E-state index in [-0.39, 0.29) is 11.1 Å². The van der Waals surface area contributed by atoms with Crippen LogP contribution in [0.1, 0.15) is 10.4 Å². The minimum atomic E-state index is -0.622. The van der Waals surface area contributed by atoms with Gasteiger partial charge in [0.1, 0.15) is 11.0 Å². The molecule has 0 bridgehead atoms. The Hall–Kier alpha value is -2.11. The summed E-state index contributed by atoms with van der Waals surface area (Å²) in [6, 6.07) is 4.75. The van der Waals surface area contributed by atoms with Gasteiger partial charge in [-0.2, -0.15) is 0 Å². The molecular formula is C7H6N4O2. The molecule has 6 heteroatoms. The second kappa shape index (κ2) is 2.44. The van der Waals surface area contributed by atoms with Crippen LogP contribution in [0.25, 0.3) is 11.0 Å². The molecule has 6 nitrogen and oxygen atoms in total. The normalized spacial score (nSPS) is 10.5. The van der Waals surface area contributed by atoms with Gasteiger partial charge in [-0.3, -0.25) is 4.79 Å². The minimum absolute atomic E-state index is 0.199. The number of para-hydroxylation sites is 1. The number of hydrogen-bond donors (Lipinski definition) is 2. The number of rotatable bonds is 1. The maximum Gasteiger partial charge on any atom is 0.251 e. The van der Waals surface area contributed by atoms with Gasteiger partial charge in [0.2, 0.25) is 0 Å². The van der Waals surface area contributed by atoms with E-state index >= 15 is 0 Å². The number of carbonyl (C=O) groups excluding carboxylic acids is 1. The molecule has 2 aromatic rings. The monoisotopic (exact) mass is 178 g/mol. The lowest BCUT2D eigenvalue weighted by molar-refractivity contribution is 0.0997. The molecule has 2 rings (SSSR count). The van der Waals surface area contributed by atoms with E-state index in [1.54, 1.807) is 12.1 Å². The molecule has 0 radical (unpaired) electrons. The topological polar surface area (TPSA) is 94.0 Å². The fraction of sp³-hybridized carbons (Fsp3) is 0. The van der Waals surface area contributed by atoms with Crippen LogP contribution in [0.15, 0.2) is 18.2 Å². The summed E-state index contributed by atoms with van der Waals surface area (Å²) < 4.78 is 0. The first-order valence-electron chi connectivity index (χ1n) is 3.53. The summed E-state index contributed by atoms with van der Waals surface area (Å²) in [6.07, 6.45) is 0.